The summed E-state index contributed by atoms with van der Waals surface area (Å²) in [6, 6.07) is 19.8. The number of nitrogens with zero attached hydrogens (tertiary/aromatic N) is 1. The maximum atomic E-state index is 13.1. The van der Waals surface area contributed by atoms with Crippen LogP contribution >= 0.6 is 15.9 Å². The quantitative estimate of drug-likeness (QED) is 0.372. The van der Waals surface area contributed by atoms with Gasteiger partial charge in [0.1, 0.15) is 18.2 Å². The highest BCUT2D eigenvalue weighted by molar-refractivity contribution is 9.10. The van der Waals surface area contributed by atoms with Gasteiger partial charge in [0, 0.05) is 0 Å². The molecule has 144 valence electrons. The lowest BCUT2D eigenvalue weighted by Gasteiger charge is -2.09. The van der Waals surface area contributed by atoms with Crippen LogP contribution in [0.2, 0.25) is 0 Å². The Labute approximate surface area is 175 Å². The van der Waals surface area contributed by atoms with Gasteiger partial charge in [0.05, 0.1) is 21.7 Å². The summed E-state index contributed by atoms with van der Waals surface area (Å²) in [5, 5.41) is 18.3. The molecule has 3 aromatic carbocycles. The van der Waals surface area contributed by atoms with Gasteiger partial charge in [-0.3, -0.25) is 0 Å². The summed E-state index contributed by atoms with van der Waals surface area (Å²) in [5.74, 6) is -0.709. The fourth-order valence-corrected chi connectivity index (χ4v) is 3.12. The zero-order chi connectivity index (χ0) is 20.8. The molecular weight excluding hydrogens is 437 g/mol. The largest absolute Gasteiger partial charge is 0.488 e. The molecule has 0 saturated heterocycles. The number of allylic oxidation sites excluding steroid dienone is 1. The summed E-state index contributed by atoms with van der Waals surface area (Å²) in [7, 11) is 0. The van der Waals surface area contributed by atoms with Gasteiger partial charge >= 0.3 is 5.97 Å². The van der Waals surface area contributed by atoms with E-state index < -0.39 is 5.97 Å². The van der Waals surface area contributed by atoms with Crippen molar-refractivity contribution in [3.8, 4) is 11.8 Å². The second kappa shape index (κ2) is 9.18. The monoisotopic (exact) mass is 451 g/mol. The minimum absolute atomic E-state index is 0.223. The van der Waals surface area contributed by atoms with E-state index in [1.54, 1.807) is 36.4 Å². The molecule has 29 heavy (non-hydrogen) atoms. The topological polar surface area (TPSA) is 70.3 Å². The van der Waals surface area contributed by atoms with E-state index in [0.29, 0.717) is 21.4 Å². The molecule has 6 heteroatoms. The minimum Gasteiger partial charge on any atom is -0.488 e. The molecule has 0 fully saturated rings. The van der Waals surface area contributed by atoms with Crippen molar-refractivity contribution >= 4 is 33.5 Å². The first-order valence-electron chi connectivity index (χ1n) is 8.58. The predicted octanol–water partition coefficient (Wildman–Crippen LogP) is 5.93. The number of nitriles is 1. The van der Waals surface area contributed by atoms with Gasteiger partial charge in [-0.1, -0.05) is 30.3 Å². The lowest BCUT2D eigenvalue weighted by atomic mass is 10.0. The number of rotatable bonds is 6. The summed E-state index contributed by atoms with van der Waals surface area (Å²) < 4.78 is 19.6. The predicted molar refractivity (Wildman–Crippen MR) is 112 cm³/mol. The second-order valence-corrected chi connectivity index (χ2v) is 7.01. The van der Waals surface area contributed by atoms with Crippen LogP contribution in [-0.2, 0) is 6.61 Å². The molecule has 4 nitrogen and oxygen atoms in total. The first-order chi connectivity index (χ1) is 14.0. The molecule has 0 bridgehead atoms. The Morgan fingerprint density at radius 2 is 1.72 bits per heavy atom. The van der Waals surface area contributed by atoms with Crippen LogP contribution in [0.4, 0.5) is 4.39 Å². The van der Waals surface area contributed by atoms with Gasteiger partial charge in [-0.15, -0.1) is 0 Å². The minimum atomic E-state index is -0.971. The lowest BCUT2D eigenvalue weighted by molar-refractivity contribution is 0.0697. The highest BCUT2D eigenvalue weighted by atomic mass is 79.9. The van der Waals surface area contributed by atoms with Crippen molar-refractivity contribution in [1.82, 2.24) is 0 Å². The lowest BCUT2D eigenvalue weighted by Crippen LogP contribution is -1.99. The highest BCUT2D eigenvalue weighted by Gasteiger charge is 2.06. The summed E-state index contributed by atoms with van der Waals surface area (Å²) in [6.45, 7) is 0.284. The van der Waals surface area contributed by atoms with Gasteiger partial charge in [0.2, 0.25) is 0 Å². The molecule has 0 atom stereocenters. The van der Waals surface area contributed by atoms with Crippen LogP contribution in [0.25, 0.3) is 11.6 Å². The maximum absolute atomic E-state index is 13.1. The molecule has 0 heterocycles. The zero-order valence-electron chi connectivity index (χ0n) is 15.1. The van der Waals surface area contributed by atoms with Gasteiger partial charge in [0.25, 0.3) is 0 Å². The molecule has 1 N–H and O–H groups in total. The number of halogens is 2. The summed E-state index contributed by atoms with van der Waals surface area (Å²) in [6.07, 6.45) is 1.71. The van der Waals surface area contributed by atoms with E-state index in [-0.39, 0.29) is 18.0 Å². The highest BCUT2D eigenvalue weighted by Crippen LogP contribution is 2.29. The summed E-state index contributed by atoms with van der Waals surface area (Å²) in [4.78, 5) is 10.9. The Balaban J connectivity index is 1.73. The van der Waals surface area contributed by atoms with Crippen LogP contribution in [0.1, 0.15) is 27.0 Å². The Morgan fingerprint density at radius 1 is 1.07 bits per heavy atom. The van der Waals surface area contributed by atoms with Gasteiger partial charge < -0.3 is 9.84 Å². The van der Waals surface area contributed by atoms with Crippen molar-refractivity contribution in [3.63, 3.8) is 0 Å². The van der Waals surface area contributed by atoms with Gasteiger partial charge in [-0.05, 0) is 75.1 Å². The van der Waals surface area contributed by atoms with E-state index in [1.807, 2.05) is 12.1 Å². The van der Waals surface area contributed by atoms with Crippen LogP contribution < -0.4 is 4.74 Å². The number of carboxylic acid groups (broad SMARTS) is 1. The molecule has 0 radical (unpaired) electrons. The smallest absolute Gasteiger partial charge is 0.335 e. The molecule has 3 aromatic rings. The molecule has 0 aliphatic carbocycles. The molecule has 0 saturated carbocycles. The molecule has 0 spiro atoms. The second-order valence-electron chi connectivity index (χ2n) is 6.16. The Hall–Kier alpha value is -3.43. The molecule has 3 rings (SSSR count). The normalized spacial score (nSPS) is 11.0. The first kappa shape index (κ1) is 20.3. The van der Waals surface area contributed by atoms with E-state index in [1.165, 1.54) is 24.3 Å². The van der Waals surface area contributed by atoms with Crippen molar-refractivity contribution in [3.05, 3.63) is 99.3 Å². The van der Waals surface area contributed by atoms with Crippen molar-refractivity contribution in [1.29, 1.82) is 5.26 Å². The Kier molecular flexibility index (Phi) is 6.43. The number of hydrogen-bond acceptors (Lipinski definition) is 3. The third-order valence-corrected chi connectivity index (χ3v) is 4.76. The average molecular weight is 452 g/mol. The number of aromatic carboxylic acids is 1. The van der Waals surface area contributed by atoms with Crippen molar-refractivity contribution in [2.75, 3.05) is 0 Å². The summed E-state index contributed by atoms with van der Waals surface area (Å²) >= 11 is 3.46. The number of carboxylic acids is 1. The molecule has 0 aliphatic rings. The van der Waals surface area contributed by atoms with E-state index >= 15 is 0 Å². The Bertz CT molecular complexity index is 1100. The van der Waals surface area contributed by atoms with E-state index in [9.17, 15) is 14.4 Å². The third-order valence-electron chi connectivity index (χ3n) is 4.14. The maximum Gasteiger partial charge on any atom is 0.335 e. The van der Waals surface area contributed by atoms with Crippen LogP contribution in [0.3, 0.4) is 0 Å². The van der Waals surface area contributed by atoms with Crippen LogP contribution in [0, 0.1) is 17.1 Å². The van der Waals surface area contributed by atoms with Gasteiger partial charge in [-0.2, -0.15) is 5.26 Å². The standard InChI is InChI=1S/C23H15BrFNO3/c24-21-12-16(11-19(13-26)17-6-8-20(25)9-7-17)3-10-22(21)29-14-15-1-4-18(5-2-15)23(27)28/h1-12H,14H2,(H,27,28)/b19-11-. The molecule has 0 amide bonds. The van der Waals surface area contributed by atoms with Crippen molar-refractivity contribution in [2.45, 2.75) is 6.61 Å². The molecule has 0 aliphatic heterocycles. The van der Waals surface area contributed by atoms with Crippen LogP contribution in [0.15, 0.2) is 71.2 Å². The molecular formula is C23H15BrFNO3. The van der Waals surface area contributed by atoms with E-state index in [4.69, 9.17) is 9.84 Å². The molecule has 0 aromatic heterocycles. The summed E-state index contributed by atoms with van der Waals surface area (Å²) in [5.41, 5.74) is 2.91. The molecule has 0 unspecified atom stereocenters. The fourth-order valence-electron chi connectivity index (χ4n) is 2.60. The van der Waals surface area contributed by atoms with Crippen LogP contribution in [0.5, 0.6) is 5.75 Å². The first-order valence-corrected chi connectivity index (χ1v) is 9.38. The zero-order valence-corrected chi connectivity index (χ0v) is 16.7. The number of hydrogen-bond donors (Lipinski definition) is 1. The average Bonchev–Trinajstić information content (AvgIpc) is 2.72. The van der Waals surface area contributed by atoms with Gasteiger partial charge in [-0.25, -0.2) is 9.18 Å². The van der Waals surface area contributed by atoms with Crippen molar-refractivity contribution in [2.24, 2.45) is 0 Å². The van der Waals surface area contributed by atoms with Crippen molar-refractivity contribution < 1.29 is 19.0 Å². The van der Waals surface area contributed by atoms with E-state index in [0.717, 1.165) is 11.1 Å². The van der Waals surface area contributed by atoms with Crippen LogP contribution in [-0.4, -0.2) is 11.1 Å². The fraction of sp³-hybridized carbons (Fsp3) is 0.0435. The SMILES string of the molecule is N#C/C(=C/c1ccc(OCc2ccc(C(=O)O)cc2)c(Br)c1)c1ccc(F)cc1. The Morgan fingerprint density at radius 3 is 2.31 bits per heavy atom. The third kappa shape index (κ3) is 5.31. The number of ether oxygens (including phenoxy) is 1. The van der Waals surface area contributed by atoms with E-state index in [2.05, 4.69) is 22.0 Å². The number of benzene rings is 3. The number of carbonyl (C=O) groups is 1. The van der Waals surface area contributed by atoms with Gasteiger partial charge in [0.15, 0.2) is 0 Å².